The molecule has 2 unspecified atom stereocenters. The summed E-state index contributed by atoms with van der Waals surface area (Å²) in [6.45, 7) is 0. The van der Waals surface area contributed by atoms with Crippen LogP contribution in [-0.2, 0) is 10.3 Å². The van der Waals surface area contributed by atoms with Crippen molar-refractivity contribution in [1.29, 1.82) is 0 Å². The van der Waals surface area contributed by atoms with Crippen LogP contribution in [0.15, 0.2) is 35.3 Å². The maximum Gasteiger partial charge on any atom is 0.303 e. The number of carbonyl (C=O) groups is 1. The molecule has 2 aromatic rings. The van der Waals surface area contributed by atoms with E-state index < -0.39 is 11.5 Å². The molecule has 0 aliphatic heterocycles. The summed E-state index contributed by atoms with van der Waals surface area (Å²) in [6, 6.07) is 7.16. The minimum atomic E-state index is -0.758. The fraction of sp³-hybridized carbons (Fsp3) is 0.500. The van der Waals surface area contributed by atoms with Crippen LogP contribution in [0.25, 0.3) is 0 Å². The van der Waals surface area contributed by atoms with Gasteiger partial charge in [-0.1, -0.05) is 29.3 Å². The van der Waals surface area contributed by atoms with E-state index in [0.29, 0.717) is 29.0 Å². The lowest BCUT2D eigenvalue weighted by Gasteiger charge is -2.61. The third-order valence-electron chi connectivity index (χ3n) is 7.15. The zero-order valence-corrected chi connectivity index (χ0v) is 17.9. The van der Waals surface area contributed by atoms with E-state index in [4.69, 9.17) is 23.2 Å². The molecule has 4 saturated carbocycles. The van der Waals surface area contributed by atoms with Crippen LogP contribution in [-0.4, -0.2) is 20.9 Å². The van der Waals surface area contributed by atoms with Crippen molar-refractivity contribution in [2.24, 2.45) is 17.3 Å². The van der Waals surface area contributed by atoms with E-state index in [1.165, 1.54) is 0 Å². The number of aromatic nitrogens is 2. The smallest absolute Gasteiger partial charge is 0.303 e. The van der Waals surface area contributed by atoms with Gasteiger partial charge in [-0.05, 0) is 74.0 Å². The minimum absolute atomic E-state index is 0.0907. The van der Waals surface area contributed by atoms with Crippen molar-refractivity contribution in [2.45, 2.75) is 50.5 Å². The van der Waals surface area contributed by atoms with E-state index in [1.807, 2.05) is 12.1 Å². The van der Waals surface area contributed by atoms with E-state index in [1.54, 1.807) is 23.0 Å². The Kier molecular flexibility index (Phi) is 4.63. The number of halogens is 2. The van der Waals surface area contributed by atoms with Crippen molar-refractivity contribution in [3.05, 3.63) is 50.9 Å². The fourth-order valence-corrected chi connectivity index (χ4v) is 7.12. The van der Waals surface area contributed by atoms with Crippen LogP contribution in [0.3, 0.4) is 0 Å². The highest BCUT2D eigenvalue weighted by molar-refractivity contribution is 6.33. The number of carboxylic acid groups (broad SMARTS) is 1. The van der Waals surface area contributed by atoms with Gasteiger partial charge in [0.2, 0.25) is 0 Å². The van der Waals surface area contributed by atoms with Crippen LogP contribution in [0, 0.1) is 17.3 Å². The number of anilines is 2. The third kappa shape index (κ3) is 3.30. The predicted octanol–water partition coefficient (Wildman–Crippen LogP) is 5.06. The Labute approximate surface area is 184 Å². The molecule has 1 heterocycles. The topological polar surface area (TPSA) is 84.2 Å². The summed E-state index contributed by atoms with van der Waals surface area (Å²) in [5, 5.41) is 17.8. The normalized spacial score (nSPS) is 31.7. The van der Waals surface area contributed by atoms with Gasteiger partial charge in [-0.15, -0.1) is 0 Å². The number of rotatable bonds is 5. The zero-order valence-electron chi connectivity index (χ0n) is 16.4. The van der Waals surface area contributed by atoms with E-state index in [2.05, 4.69) is 10.4 Å². The van der Waals surface area contributed by atoms with Gasteiger partial charge in [-0.3, -0.25) is 9.59 Å². The number of nitrogens with one attached hydrogen (secondary N) is 1. The molecule has 8 heteroatoms. The molecule has 158 valence electrons. The molecule has 4 aliphatic carbocycles. The largest absolute Gasteiger partial charge is 0.481 e. The first-order valence-corrected chi connectivity index (χ1v) is 11.1. The molecule has 2 N–H and O–H groups in total. The third-order valence-corrected chi connectivity index (χ3v) is 7.75. The highest BCUT2D eigenvalue weighted by Gasteiger charge is 2.59. The molecule has 0 saturated heterocycles. The average Bonchev–Trinajstić information content (AvgIpc) is 2.63. The number of hydrogen-bond acceptors (Lipinski definition) is 4. The molecule has 0 spiro atoms. The molecule has 30 heavy (non-hydrogen) atoms. The van der Waals surface area contributed by atoms with Crippen LogP contribution in [0.5, 0.6) is 0 Å². The van der Waals surface area contributed by atoms with Gasteiger partial charge in [0.15, 0.2) is 0 Å². The van der Waals surface area contributed by atoms with Gasteiger partial charge in [0, 0.05) is 10.7 Å². The first kappa shape index (κ1) is 19.9. The molecule has 4 aliphatic rings. The second-order valence-electron chi connectivity index (χ2n) is 9.48. The molecule has 0 amide bonds. The molecule has 0 radical (unpaired) electrons. The van der Waals surface area contributed by atoms with Crippen molar-refractivity contribution in [3.8, 4) is 0 Å². The molecular weight excluding hydrogens is 425 g/mol. The highest BCUT2D eigenvalue weighted by atomic mass is 35.5. The van der Waals surface area contributed by atoms with Crippen LogP contribution >= 0.6 is 23.2 Å². The predicted molar refractivity (Wildman–Crippen MR) is 116 cm³/mol. The molecular formula is C22H23Cl2N3O3. The second-order valence-corrected chi connectivity index (χ2v) is 10.3. The van der Waals surface area contributed by atoms with Crippen molar-refractivity contribution < 1.29 is 9.90 Å². The van der Waals surface area contributed by atoms with Crippen LogP contribution in [0.1, 0.15) is 44.9 Å². The van der Waals surface area contributed by atoms with Crippen LogP contribution in [0.4, 0.5) is 11.4 Å². The summed E-state index contributed by atoms with van der Waals surface area (Å²) >= 11 is 12.5. The lowest BCUT2D eigenvalue weighted by atomic mass is 9.46. The Hall–Kier alpha value is -2.05. The SMILES string of the molecule is O=C(O)CC12CC3CC(C1)CC(n1ncc(Nc4cccc(Cl)c4)c(Cl)c1=O)(C3)C2. The van der Waals surface area contributed by atoms with E-state index in [9.17, 15) is 14.7 Å². The number of aliphatic carboxylic acids is 1. The van der Waals surface area contributed by atoms with E-state index in [0.717, 1.165) is 37.8 Å². The summed E-state index contributed by atoms with van der Waals surface area (Å²) < 4.78 is 1.56. The Bertz CT molecular complexity index is 1070. The van der Waals surface area contributed by atoms with E-state index in [-0.39, 0.29) is 22.4 Å². The quantitative estimate of drug-likeness (QED) is 0.668. The Morgan fingerprint density at radius 1 is 1.23 bits per heavy atom. The molecule has 1 aromatic carbocycles. The lowest BCUT2D eigenvalue weighted by Crippen LogP contribution is -2.59. The van der Waals surface area contributed by atoms with Gasteiger partial charge in [-0.2, -0.15) is 5.10 Å². The summed E-state index contributed by atoms with van der Waals surface area (Å²) in [5.41, 5.74) is 0.163. The maximum absolute atomic E-state index is 13.3. The summed E-state index contributed by atoms with van der Waals surface area (Å²) in [7, 11) is 0. The van der Waals surface area contributed by atoms with Gasteiger partial charge in [-0.25, -0.2) is 4.68 Å². The average molecular weight is 448 g/mol. The first-order chi connectivity index (χ1) is 14.3. The van der Waals surface area contributed by atoms with Gasteiger partial charge in [0.1, 0.15) is 5.02 Å². The van der Waals surface area contributed by atoms with Crippen molar-refractivity contribution in [2.75, 3.05) is 5.32 Å². The van der Waals surface area contributed by atoms with E-state index >= 15 is 0 Å². The van der Waals surface area contributed by atoms with Crippen LogP contribution in [0.2, 0.25) is 10.0 Å². The number of nitrogens with zero attached hydrogens (tertiary/aromatic N) is 2. The number of benzene rings is 1. The Balaban J connectivity index is 1.51. The number of carboxylic acids is 1. The van der Waals surface area contributed by atoms with Gasteiger partial charge in [0.05, 0.1) is 23.8 Å². The summed E-state index contributed by atoms with van der Waals surface area (Å²) in [4.78, 5) is 24.8. The molecule has 4 fully saturated rings. The lowest BCUT2D eigenvalue weighted by molar-refractivity contribution is -0.151. The molecule has 1 aromatic heterocycles. The van der Waals surface area contributed by atoms with Crippen molar-refractivity contribution in [3.63, 3.8) is 0 Å². The summed E-state index contributed by atoms with van der Waals surface area (Å²) in [6.07, 6.45) is 7.18. The summed E-state index contributed by atoms with van der Waals surface area (Å²) in [5.74, 6) is 0.135. The monoisotopic (exact) mass is 447 g/mol. The first-order valence-electron chi connectivity index (χ1n) is 10.3. The van der Waals surface area contributed by atoms with Gasteiger partial charge < -0.3 is 10.4 Å². The Morgan fingerprint density at radius 3 is 2.63 bits per heavy atom. The van der Waals surface area contributed by atoms with Crippen molar-refractivity contribution >= 4 is 40.5 Å². The Morgan fingerprint density at radius 2 is 1.97 bits per heavy atom. The van der Waals surface area contributed by atoms with Crippen molar-refractivity contribution in [1.82, 2.24) is 9.78 Å². The fourth-order valence-electron chi connectivity index (χ4n) is 6.76. The second kappa shape index (κ2) is 6.99. The van der Waals surface area contributed by atoms with Gasteiger partial charge >= 0.3 is 5.97 Å². The van der Waals surface area contributed by atoms with Crippen LogP contribution < -0.4 is 10.9 Å². The van der Waals surface area contributed by atoms with Gasteiger partial charge in [0.25, 0.3) is 5.56 Å². The molecule has 6 nitrogen and oxygen atoms in total. The highest BCUT2D eigenvalue weighted by Crippen LogP contribution is 2.65. The molecule has 6 rings (SSSR count). The molecule has 4 bridgehead atoms. The maximum atomic E-state index is 13.3. The number of hydrogen-bond donors (Lipinski definition) is 2. The molecule has 2 atom stereocenters. The zero-order chi connectivity index (χ0) is 21.1. The minimum Gasteiger partial charge on any atom is -0.481 e. The standard InChI is InChI=1S/C22H23Cl2N3O3/c23-15-2-1-3-16(5-15)26-17-11-25-27(20(30)19(17)24)22-8-13-4-14(9-22)7-21(6-13,12-22)10-18(28)29/h1-3,5,11,13-14,26H,4,6-10,12H2,(H,28,29).